The molecule has 2 N–H and O–H groups in total. The Labute approximate surface area is 187 Å². The van der Waals surface area contributed by atoms with Crippen LogP contribution in [0.15, 0.2) is 29.3 Å². The van der Waals surface area contributed by atoms with Gasteiger partial charge in [-0.1, -0.05) is 51.0 Å². The average Bonchev–Trinajstić information content (AvgIpc) is 3.04. The van der Waals surface area contributed by atoms with E-state index in [0.29, 0.717) is 19.5 Å². The Morgan fingerprint density at radius 2 is 2.00 bits per heavy atom. The Hall–Kier alpha value is -1.31. The number of amides is 1. The molecule has 0 aliphatic carbocycles. The zero-order valence-corrected chi connectivity index (χ0v) is 20.0. The van der Waals surface area contributed by atoms with Crippen molar-refractivity contribution in [2.75, 3.05) is 19.6 Å². The number of carbonyl (C=O) groups is 1. The number of carbonyl (C=O) groups excluding carboxylic acids is 1. The van der Waals surface area contributed by atoms with Crippen molar-refractivity contribution in [1.82, 2.24) is 15.5 Å². The Kier molecular flexibility index (Phi) is 12.2. The summed E-state index contributed by atoms with van der Waals surface area (Å²) in [5.41, 5.74) is 2.36. The third kappa shape index (κ3) is 9.26. The predicted molar refractivity (Wildman–Crippen MR) is 128 cm³/mol. The maximum Gasteiger partial charge on any atom is 0.222 e. The van der Waals surface area contributed by atoms with Gasteiger partial charge in [0.25, 0.3) is 0 Å². The number of nitrogens with one attached hydrogen (secondary N) is 2. The molecule has 1 heterocycles. The number of likely N-dealkylation sites (tertiary alicyclic amines) is 1. The monoisotopic (exact) mass is 500 g/mol. The maximum atomic E-state index is 11.8. The fourth-order valence-electron chi connectivity index (χ4n) is 3.31. The largest absolute Gasteiger partial charge is 0.357 e. The number of benzene rings is 1. The molecule has 1 fully saturated rings. The van der Waals surface area contributed by atoms with Gasteiger partial charge in [-0.3, -0.25) is 4.79 Å². The van der Waals surface area contributed by atoms with Gasteiger partial charge in [0, 0.05) is 32.6 Å². The molecular formula is C22H37IN4O. The summed E-state index contributed by atoms with van der Waals surface area (Å²) in [4.78, 5) is 18.5. The van der Waals surface area contributed by atoms with Gasteiger partial charge in [-0.05, 0) is 36.8 Å². The summed E-state index contributed by atoms with van der Waals surface area (Å²) in [6.07, 6.45) is 5.38. The van der Waals surface area contributed by atoms with Crippen LogP contribution in [0.25, 0.3) is 0 Å². The average molecular weight is 500 g/mol. The van der Waals surface area contributed by atoms with E-state index < -0.39 is 0 Å². The molecule has 6 heteroatoms. The zero-order valence-electron chi connectivity index (χ0n) is 17.7. The zero-order chi connectivity index (χ0) is 19.5. The first-order valence-corrected chi connectivity index (χ1v) is 10.5. The molecule has 5 nitrogen and oxygen atoms in total. The van der Waals surface area contributed by atoms with Crippen molar-refractivity contribution in [3.8, 4) is 0 Å². The highest BCUT2D eigenvalue weighted by molar-refractivity contribution is 14.0. The molecule has 2 rings (SSSR count). The Bertz CT molecular complexity index is 618. The third-order valence-electron chi connectivity index (χ3n) is 4.80. The highest BCUT2D eigenvalue weighted by Crippen LogP contribution is 2.15. The Morgan fingerprint density at radius 1 is 1.21 bits per heavy atom. The lowest BCUT2D eigenvalue weighted by molar-refractivity contribution is -0.128. The van der Waals surface area contributed by atoms with Crippen LogP contribution >= 0.6 is 24.0 Å². The van der Waals surface area contributed by atoms with Crippen molar-refractivity contribution in [1.29, 1.82) is 0 Å². The summed E-state index contributed by atoms with van der Waals surface area (Å²) >= 11 is 0. The molecule has 0 unspecified atom stereocenters. The Balaban J connectivity index is 0.00000392. The number of aliphatic imine (C=N–C) groups is 1. The van der Waals surface area contributed by atoms with Crippen molar-refractivity contribution in [3.63, 3.8) is 0 Å². The molecule has 0 spiro atoms. The second kappa shape index (κ2) is 13.8. The van der Waals surface area contributed by atoms with E-state index >= 15 is 0 Å². The van der Waals surface area contributed by atoms with Crippen LogP contribution in [-0.2, 0) is 17.9 Å². The quantitative estimate of drug-likeness (QED) is 0.218. The van der Waals surface area contributed by atoms with Crippen LogP contribution in [0, 0.1) is 5.92 Å². The second-order valence-corrected chi connectivity index (χ2v) is 7.75. The minimum absolute atomic E-state index is 0. The van der Waals surface area contributed by atoms with Gasteiger partial charge in [0.2, 0.25) is 5.91 Å². The molecule has 1 saturated heterocycles. The molecule has 28 heavy (non-hydrogen) atoms. The molecule has 1 aliphatic rings. The normalized spacial score (nSPS) is 14.4. The first-order chi connectivity index (χ1) is 13.1. The molecule has 0 radical (unpaired) electrons. The SMILES string of the molecule is CCNC(=NCc1cccc(CN2CCCC2=O)c1)NCCCCC(C)C.I. The van der Waals surface area contributed by atoms with E-state index in [1.165, 1.54) is 30.4 Å². The van der Waals surface area contributed by atoms with Gasteiger partial charge in [-0.25, -0.2) is 4.99 Å². The number of halogens is 1. The molecule has 0 atom stereocenters. The van der Waals surface area contributed by atoms with Crippen LogP contribution < -0.4 is 10.6 Å². The summed E-state index contributed by atoms with van der Waals surface area (Å²) in [5, 5.41) is 6.75. The van der Waals surface area contributed by atoms with E-state index in [4.69, 9.17) is 4.99 Å². The van der Waals surface area contributed by atoms with E-state index in [1.807, 2.05) is 4.90 Å². The van der Waals surface area contributed by atoms with Crippen molar-refractivity contribution in [3.05, 3.63) is 35.4 Å². The molecule has 1 aromatic rings. The van der Waals surface area contributed by atoms with Crippen LogP contribution in [-0.4, -0.2) is 36.4 Å². The number of unbranched alkanes of at least 4 members (excludes halogenated alkanes) is 1. The smallest absolute Gasteiger partial charge is 0.222 e. The summed E-state index contributed by atoms with van der Waals surface area (Å²) in [6.45, 7) is 10.7. The third-order valence-corrected chi connectivity index (χ3v) is 4.80. The van der Waals surface area contributed by atoms with Crippen molar-refractivity contribution < 1.29 is 4.79 Å². The van der Waals surface area contributed by atoms with E-state index in [0.717, 1.165) is 37.9 Å². The van der Waals surface area contributed by atoms with E-state index in [1.54, 1.807) is 0 Å². The molecule has 1 amide bonds. The van der Waals surface area contributed by atoms with Crippen LogP contribution in [0.3, 0.4) is 0 Å². The van der Waals surface area contributed by atoms with Crippen LogP contribution in [0.4, 0.5) is 0 Å². The van der Waals surface area contributed by atoms with Gasteiger partial charge in [-0.2, -0.15) is 0 Å². The standard InChI is InChI=1S/C22H36N4O.HI/c1-4-23-22(24-13-6-5-9-18(2)3)25-16-19-10-7-11-20(15-19)17-26-14-8-12-21(26)27;/h7,10-11,15,18H,4-6,8-9,12-14,16-17H2,1-3H3,(H2,23,24,25);1H. The van der Waals surface area contributed by atoms with Gasteiger partial charge in [0.15, 0.2) is 5.96 Å². The lowest BCUT2D eigenvalue weighted by Gasteiger charge is -2.16. The van der Waals surface area contributed by atoms with Crippen LogP contribution in [0.5, 0.6) is 0 Å². The molecule has 158 valence electrons. The second-order valence-electron chi connectivity index (χ2n) is 7.75. The highest BCUT2D eigenvalue weighted by atomic mass is 127. The summed E-state index contributed by atoms with van der Waals surface area (Å²) < 4.78 is 0. The van der Waals surface area contributed by atoms with Gasteiger partial charge in [0.1, 0.15) is 0 Å². The number of guanidine groups is 1. The lowest BCUT2D eigenvalue weighted by atomic mass is 10.1. The summed E-state index contributed by atoms with van der Waals surface area (Å²) in [7, 11) is 0. The minimum atomic E-state index is 0. The number of rotatable bonds is 10. The van der Waals surface area contributed by atoms with Gasteiger partial charge < -0.3 is 15.5 Å². The molecule has 1 aliphatic heterocycles. The predicted octanol–water partition coefficient (Wildman–Crippen LogP) is 4.31. The van der Waals surface area contributed by atoms with Crippen molar-refractivity contribution in [2.45, 2.75) is 66.0 Å². The van der Waals surface area contributed by atoms with Crippen LogP contribution in [0.1, 0.15) is 64.0 Å². The van der Waals surface area contributed by atoms with E-state index in [2.05, 4.69) is 55.7 Å². The van der Waals surface area contributed by atoms with E-state index in [-0.39, 0.29) is 29.9 Å². The maximum absolute atomic E-state index is 11.8. The Morgan fingerprint density at radius 3 is 2.68 bits per heavy atom. The van der Waals surface area contributed by atoms with Gasteiger partial charge in [-0.15, -0.1) is 24.0 Å². The fourth-order valence-corrected chi connectivity index (χ4v) is 3.31. The fraction of sp³-hybridized carbons (Fsp3) is 0.636. The van der Waals surface area contributed by atoms with Crippen molar-refractivity contribution >= 4 is 35.8 Å². The first-order valence-electron chi connectivity index (χ1n) is 10.5. The number of hydrogen-bond acceptors (Lipinski definition) is 2. The van der Waals surface area contributed by atoms with Gasteiger partial charge in [0.05, 0.1) is 6.54 Å². The topological polar surface area (TPSA) is 56.7 Å². The highest BCUT2D eigenvalue weighted by Gasteiger charge is 2.19. The first kappa shape index (κ1) is 24.7. The van der Waals surface area contributed by atoms with Crippen molar-refractivity contribution in [2.24, 2.45) is 10.9 Å². The molecular weight excluding hydrogens is 463 g/mol. The molecule has 0 aromatic heterocycles. The number of hydrogen-bond donors (Lipinski definition) is 2. The minimum Gasteiger partial charge on any atom is -0.357 e. The van der Waals surface area contributed by atoms with Gasteiger partial charge >= 0.3 is 0 Å². The molecule has 0 saturated carbocycles. The summed E-state index contributed by atoms with van der Waals surface area (Å²) in [6, 6.07) is 8.43. The van der Waals surface area contributed by atoms with Crippen LogP contribution in [0.2, 0.25) is 0 Å². The number of nitrogens with zero attached hydrogens (tertiary/aromatic N) is 2. The summed E-state index contributed by atoms with van der Waals surface area (Å²) in [5.74, 6) is 1.92. The molecule has 1 aromatic carbocycles. The molecule has 0 bridgehead atoms. The van der Waals surface area contributed by atoms with E-state index in [9.17, 15) is 4.79 Å². The lowest BCUT2D eigenvalue weighted by Crippen LogP contribution is -2.37.